The minimum Gasteiger partial charge on any atom is -0.377 e. The number of aliphatic hydroxyl groups is 2. The quantitative estimate of drug-likeness (QED) is 0.757. The number of hydrogen-bond donors (Lipinski definition) is 2. The molecule has 0 spiro atoms. The molecule has 0 aromatic heterocycles. The van der Waals surface area contributed by atoms with Gasteiger partial charge in [0.2, 0.25) is 0 Å². The molecule has 0 aliphatic rings. The molecule has 2 N–H and O–H groups in total. The molecule has 0 aromatic carbocycles. The van der Waals surface area contributed by atoms with Crippen LogP contribution in [0.3, 0.4) is 0 Å². The Bertz CT molecular complexity index is 270. The second-order valence-corrected chi connectivity index (χ2v) is 6.52. The minimum atomic E-state index is -1.04. The van der Waals surface area contributed by atoms with Crippen LogP contribution in [0.1, 0.15) is 55.4 Å². The van der Waals surface area contributed by atoms with Crippen molar-refractivity contribution in [3.8, 4) is 11.8 Å². The lowest BCUT2D eigenvalue weighted by molar-refractivity contribution is -0.00162. The van der Waals surface area contributed by atoms with Crippen LogP contribution in [0.4, 0.5) is 0 Å². The predicted molar refractivity (Wildman–Crippen MR) is 77.0 cm³/mol. The molecule has 0 unspecified atom stereocenters. The highest BCUT2D eigenvalue weighted by atomic mass is 16.3. The average Bonchev–Trinajstić information content (AvgIpc) is 2.23. The summed E-state index contributed by atoms with van der Waals surface area (Å²) in [6.07, 6.45) is 0. The molecular weight excluding hydrogens is 224 g/mol. The molecule has 0 radical (unpaired) electrons. The van der Waals surface area contributed by atoms with Gasteiger partial charge >= 0.3 is 0 Å². The zero-order valence-corrected chi connectivity index (χ0v) is 13.2. The van der Waals surface area contributed by atoms with Crippen LogP contribution in [0.2, 0.25) is 0 Å². The van der Waals surface area contributed by atoms with Gasteiger partial charge in [-0.2, -0.15) is 0 Å². The van der Waals surface area contributed by atoms with Gasteiger partial charge in [-0.25, -0.2) is 0 Å². The molecule has 0 saturated heterocycles. The van der Waals surface area contributed by atoms with Crippen LogP contribution in [-0.4, -0.2) is 21.4 Å². The Morgan fingerprint density at radius 2 is 0.722 bits per heavy atom. The molecule has 0 amide bonds. The first-order valence-electron chi connectivity index (χ1n) is 6.97. The maximum Gasteiger partial charge on any atom is 0.130 e. The summed E-state index contributed by atoms with van der Waals surface area (Å²) in [7, 11) is 0. The fourth-order valence-electron chi connectivity index (χ4n) is 2.11. The highest BCUT2D eigenvalue weighted by Crippen LogP contribution is 2.29. The highest BCUT2D eigenvalue weighted by molar-refractivity contribution is 5.24. The Balaban J connectivity index is 5.47. The normalized spacial score (nSPS) is 13.4. The van der Waals surface area contributed by atoms with Crippen LogP contribution >= 0.6 is 0 Å². The zero-order valence-electron chi connectivity index (χ0n) is 13.2. The molecule has 0 fully saturated rings. The van der Waals surface area contributed by atoms with Gasteiger partial charge in [0.25, 0.3) is 0 Å². The summed E-state index contributed by atoms with van der Waals surface area (Å²) >= 11 is 0. The van der Waals surface area contributed by atoms with Crippen LogP contribution in [0.25, 0.3) is 0 Å². The van der Waals surface area contributed by atoms with Crippen LogP contribution in [0.15, 0.2) is 0 Å². The first-order valence-corrected chi connectivity index (χ1v) is 6.97. The van der Waals surface area contributed by atoms with Crippen molar-refractivity contribution in [2.75, 3.05) is 0 Å². The van der Waals surface area contributed by atoms with Crippen molar-refractivity contribution in [2.45, 2.75) is 66.6 Å². The summed E-state index contributed by atoms with van der Waals surface area (Å²) in [5.41, 5.74) is -2.09. The van der Waals surface area contributed by atoms with E-state index in [4.69, 9.17) is 0 Å². The van der Waals surface area contributed by atoms with Crippen molar-refractivity contribution in [1.82, 2.24) is 0 Å². The third kappa shape index (κ3) is 3.49. The fraction of sp³-hybridized carbons (Fsp3) is 0.875. The molecule has 0 rings (SSSR count). The molecule has 0 aromatic rings. The summed E-state index contributed by atoms with van der Waals surface area (Å²) in [5.74, 6) is 6.05. The summed E-state index contributed by atoms with van der Waals surface area (Å²) < 4.78 is 0. The molecule has 18 heavy (non-hydrogen) atoms. The SMILES string of the molecule is CC(C)C(O)(C#CC(O)(C(C)C)C(C)C)C(C)C. The van der Waals surface area contributed by atoms with E-state index in [1.807, 2.05) is 55.4 Å². The molecule has 0 heterocycles. The Hall–Kier alpha value is -0.520. The van der Waals surface area contributed by atoms with E-state index < -0.39 is 11.2 Å². The van der Waals surface area contributed by atoms with Gasteiger partial charge < -0.3 is 10.2 Å². The van der Waals surface area contributed by atoms with Crippen molar-refractivity contribution in [1.29, 1.82) is 0 Å². The maximum atomic E-state index is 10.6. The van der Waals surface area contributed by atoms with Gasteiger partial charge in [0.05, 0.1) is 0 Å². The zero-order chi connectivity index (χ0) is 14.7. The van der Waals surface area contributed by atoms with E-state index in [0.29, 0.717) is 0 Å². The Kier molecular flexibility index (Phi) is 5.91. The first kappa shape index (κ1) is 17.5. The van der Waals surface area contributed by atoms with Gasteiger partial charge in [-0.05, 0) is 23.7 Å². The third-order valence-corrected chi connectivity index (χ3v) is 3.98. The molecular formula is C16H30O2. The smallest absolute Gasteiger partial charge is 0.130 e. The third-order valence-electron chi connectivity index (χ3n) is 3.98. The summed E-state index contributed by atoms with van der Waals surface area (Å²) in [4.78, 5) is 0. The largest absolute Gasteiger partial charge is 0.377 e. The number of rotatable bonds is 4. The second kappa shape index (κ2) is 6.08. The minimum absolute atomic E-state index is 0.0357. The van der Waals surface area contributed by atoms with E-state index >= 15 is 0 Å². The van der Waals surface area contributed by atoms with E-state index in [0.717, 1.165) is 0 Å². The average molecular weight is 254 g/mol. The van der Waals surface area contributed by atoms with Gasteiger partial charge in [0.15, 0.2) is 0 Å². The van der Waals surface area contributed by atoms with E-state index in [-0.39, 0.29) is 23.7 Å². The van der Waals surface area contributed by atoms with Crippen molar-refractivity contribution in [3.63, 3.8) is 0 Å². The summed E-state index contributed by atoms with van der Waals surface area (Å²) in [5, 5.41) is 21.2. The topological polar surface area (TPSA) is 40.5 Å². The van der Waals surface area contributed by atoms with Crippen molar-refractivity contribution in [3.05, 3.63) is 0 Å². The lowest BCUT2D eigenvalue weighted by atomic mass is 9.77. The second-order valence-electron chi connectivity index (χ2n) is 6.52. The van der Waals surface area contributed by atoms with E-state index in [1.165, 1.54) is 0 Å². The number of hydrogen-bond acceptors (Lipinski definition) is 2. The Labute approximate surface area is 113 Å². The fourth-order valence-corrected chi connectivity index (χ4v) is 2.11. The van der Waals surface area contributed by atoms with Gasteiger partial charge in [0, 0.05) is 0 Å². The molecule has 0 bridgehead atoms. The molecule has 106 valence electrons. The molecule has 2 nitrogen and oxygen atoms in total. The molecule has 2 heteroatoms. The van der Waals surface area contributed by atoms with Crippen molar-refractivity contribution in [2.24, 2.45) is 23.7 Å². The van der Waals surface area contributed by atoms with Gasteiger partial charge in [-0.1, -0.05) is 67.2 Å². The first-order chi connectivity index (χ1) is 7.98. The summed E-state index contributed by atoms with van der Waals surface area (Å²) in [6, 6.07) is 0. The molecule has 0 saturated carbocycles. The summed E-state index contributed by atoms with van der Waals surface area (Å²) in [6.45, 7) is 15.7. The van der Waals surface area contributed by atoms with Crippen LogP contribution in [-0.2, 0) is 0 Å². The standard InChI is InChI=1S/C16H30O2/c1-11(2)15(17,12(3)4)9-10-16(18,13(5)6)14(7)8/h11-14,17-18H,1-8H3. The van der Waals surface area contributed by atoms with E-state index in [2.05, 4.69) is 11.8 Å². The maximum absolute atomic E-state index is 10.6. The predicted octanol–water partition coefficient (Wildman–Crippen LogP) is 3.08. The highest BCUT2D eigenvalue weighted by Gasteiger charge is 2.36. The van der Waals surface area contributed by atoms with Gasteiger partial charge in [-0.15, -0.1) is 0 Å². The molecule has 0 atom stereocenters. The van der Waals surface area contributed by atoms with Crippen molar-refractivity contribution >= 4 is 0 Å². The van der Waals surface area contributed by atoms with Crippen LogP contribution in [0.5, 0.6) is 0 Å². The van der Waals surface area contributed by atoms with E-state index in [1.54, 1.807) is 0 Å². The Morgan fingerprint density at radius 3 is 0.833 bits per heavy atom. The lowest BCUT2D eigenvalue weighted by Gasteiger charge is -2.34. The van der Waals surface area contributed by atoms with Crippen molar-refractivity contribution < 1.29 is 10.2 Å². The Morgan fingerprint density at radius 1 is 0.556 bits per heavy atom. The van der Waals surface area contributed by atoms with E-state index in [9.17, 15) is 10.2 Å². The van der Waals surface area contributed by atoms with Gasteiger partial charge in [-0.3, -0.25) is 0 Å². The lowest BCUT2D eigenvalue weighted by Crippen LogP contribution is -2.43. The molecule has 0 aliphatic carbocycles. The van der Waals surface area contributed by atoms with Crippen LogP contribution < -0.4 is 0 Å². The van der Waals surface area contributed by atoms with Gasteiger partial charge in [0.1, 0.15) is 11.2 Å². The van der Waals surface area contributed by atoms with Crippen LogP contribution in [0, 0.1) is 35.5 Å². The monoisotopic (exact) mass is 254 g/mol. The molecule has 0 aliphatic heterocycles.